The van der Waals surface area contributed by atoms with Gasteiger partial charge in [0.25, 0.3) is 0 Å². The number of hydrogen-bond acceptors (Lipinski definition) is 5. The van der Waals surface area contributed by atoms with E-state index in [1.165, 1.54) is 0 Å². The van der Waals surface area contributed by atoms with Crippen LogP contribution in [-0.2, 0) is 6.42 Å². The first-order valence-electron chi connectivity index (χ1n) is 5.39. The Kier molecular flexibility index (Phi) is 3.74. The maximum absolute atomic E-state index is 8.57. The first-order chi connectivity index (χ1) is 8.81. The fraction of sp³-hybridized carbons (Fsp3) is 0.0769. The first kappa shape index (κ1) is 11.9. The average Bonchev–Trinajstić information content (AvgIpc) is 2.42. The van der Waals surface area contributed by atoms with Gasteiger partial charge in [0.1, 0.15) is 11.6 Å². The number of nitrogens with one attached hydrogen (secondary N) is 1. The number of nitrogens with two attached hydrogens (primary N) is 1. The molecule has 2 rings (SSSR count). The third kappa shape index (κ3) is 2.97. The van der Waals surface area contributed by atoms with Crippen molar-refractivity contribution in [2.45, 2.75) is 6.42 Å². The number of nitrogens with zero attached hydrogens (tertiary/aromatic N) is 2. The molecule has 1 heterocycles. The third-order valence-corrected chi connectivity index (χ3v) is 2.30. The van der Waals surface area contributed by atoms with Crippen molar-refractivity contribution in [3.63, 3.8) is 0 Å². The van der Waals surface area contributed by atoms with Gasteiger partial charge in [0, 0.05) is 6.07 Å². The summed E-state index contributed by atoms with van der Waals surface area (Å²) in [5.41, 5.74) is 3.41. The predicted molar refractivity (Wildman–Crippen MR) is 67.9 cm³/mol. The minimum atomic E-state index is 0.394. The zero-order valence-electron chi connectivity index (χ0n) is 9.63. The highest BCUT2D eigenvalue weighted by atomic mass is 16.5. The Balaban J connectivity index is 2.11. The summed E-state index contributed by atoms with van der Waals surface area (Å²) in [7, 11) is 0. The van der Waals surface area contributed by atoms with E-state index in [-0.39, 0.29) is 0 Å². The summed E-state index contributed by atoms with van der Waals surface area (Å²) in [6, 6.07) is 14.7. The molecule has 5 nitrogen and oxygen atoms in total. The molecule has 0 aliphatic rings. The fourth-order valence-corrected chi connectivity index (χ4v) is 1.44. The lowest BCUT2D eigenvalue weighted by Crippen LogP contribution is -2.08. The molecule has 5 heteroatoms. The van der Waals surface area contributed by atoms with Gasteiger partial charge in [-0.05, 0) is 23.8 Å². The van der Waals surface area contributed by atoms with Gasteiger partial charge in [0.2, 0.25) is 5.88 Å². The lowest BCUT2D eigenvalue weighted by atomic mass is 10.2. The van der Waals surface area contributed by atoms with E-state index in [9.17, 15) is 0 Å². The normalized spacial score (nSPS) is 9.56. The number of pyridine rings is 1. The highest BCUT2D eigenvalue weighted by Gasteiger charge is 2.00. The quantitative estimate of drug-likeness (QED) is 0.632. The van der Waals surface area contributed by atoms with Gasteiger partial charge in [0.15, 0.2) is 0 Å². The van der Waals surface area contributed by atoms with Crippen LogP contribution in [0.3, 0.4) is 0 Å². The Morgan fingerprint density at radius 2 is 2.00 bits per heavy atom. The minimum Gasteiger partial charge on any atom is -0.439 e. The molecule has 0 unspecified atom stereocenters. The molecule has 1 aromatic carbocycles. The Labute approximate surface area is 105 Å². The van der Waals surface area contributed by atoms with Crippen molar-refractivity contribution >= 4 is 5.82 Å². The van der Waals surface area contributed by atoms with Crippen molar-refractivity contribution in [3.8, 4) is 17.7 Å². The molecular formula is C13H12N4O. The van der Waals surface area contributed by atoms with E-state index >= 15 is 0 Å². The number of hydrazine groups is 1. The lowest BCUT2D eigenvalue weighted by molar-refractivity contribution is 0.463. The SMILES string of the molecule is N#CCc1ccc(Oc2cccc(NN)n2)cc1. The Morgan fingerprint density at radius 3 is 2.67 bits per heavy atom. The van der Waals surface area contributed by atoms with Gasteiger partial charge in [-0.25, -0.2) is 5.84 Å². The molecule has 0 atom stereocenters. The van der Waals surface area contributed by atoms with Crippen LogP contribution < -0.4 is 16.0 Å². The number of rotatable bonds is 4. The summed E-state index contributed by atoms with van der Waals surface area (Å²) in [6.07, 6.45) is 0.394. The molecule has 0 aliphatic heterocycles. The van der Waals surface area contributed by atoms with Gasteiger partial charge in [-0.3, -0.25) is 0 Å². The molecule has 0 aliphatic carbocycles. The zero-order chi connectivity index (χ0) is 12.8. The maximum atomic E-state index is 8.57. The zero-order valence-corrected chi connectivity index (χ0v) is 9.63. The Morgan fingerprint density at radius 1 is 1.22 bits per heavy atom. The number of ether oxygens (including phenoxy) is 1. The van der Waals surface area contributed by atoms with Crippen molar-refractivity contribution < 1.29 is 4.74 Å². The van der Waals surface area contributed by atoms with Gasteiger partial charge in [-0.2, -0.15) is 10.2 Å². The Bertz CT molecular complexity index is 560. The number of nitrogen functional groups attached to an aromatic ring is 1. The van der Waals surface area contributed by atoms with Crippen LogP contribution in [0.4, 0.5) is 5.82 Å². The number of aromatic nitrogens is 1. The topological polar surface area (TPSA) is 84.0 Å². The maximum Gasteiger partial charge on any atom is 0.221 e. The van der Waals surface area contributed by atoms with Crippen LogP contribution in [0.5, 0.6) is 11.6 Å². The van der Waals surface area contributed by atoms with Crippen molar-refractivity contribution in [1.29, 1.82) is 5.26 Å². The highest BCUT2D eigenvalue weighted by molar-refractivity contribution is 5.37. The van der Waals surface area contributed by atoms with Gasteiger partial charge in [0.05, 0.1) is 12.5 Å². The van der Waals surface area contributed by atoms with Crippen molar-refractivity contribution in [3.05, 3.63) is 48.0 Å². The van der Waals surface area contributed by atoms with Crippen LogP contribution in [0.25, 0.3) is 0 Å². The average molecular weight is 240 g/mol. The molecule has 0 fully saturated rings. The molecule has 0 spiro atoms. The number of hydrogen-bond donors (Lipinski definition) is 2. The standard InChI is InChI=1S/C13H12N4O/c14-9-8-10-4-6-11(7-5-10)18-13-3-1-2-12(16-13)17-15/h1-7H,8,15H2,(H,16,17). The van der Waals surface area contributed by atoms with Crippen molar-refractivity contribution in [1.82, 2.24) is 4.98 Å². The van der Waals surface area contributed by atoms with E-state index < -0.39 is 0 Å². The first-order valence-corrected chi connectivity index (χ1v) is 5.39. The van der Waals surface area contributed by atoms with Crippen LogP contribution in [0.2, 0.25) is 0 Å². The van der Waals surface area contributed by atoms with Crippen molar-refractivity contribution in [2.24, 2.45) is 5.84 Å². The van der Waals surface area contributed by atoms with Crippen LogP contribution >= 0.6 is 0 Å². The molecule has 2 aromatic rings. The minimum absolute atomic E-state index is 0.394. The summed E-state index contributed by atoms with van der Waals surface area (Å²) >= 11 is 0. The number of benzene rings is 1. The molecule has 18 heavy (non-hydrogen) atoms. The summed E-state index contributed by atoms with van der Waals surface area (Å²) in [5.74, 6) is 6.92. The second kappa shape index (κ2) is 5.66. The Hall–Kier alpha value is -2.58. The summed E-state index contributed by atoms with van der Waals surface area (Å²) in [6.45, 7) is 0. The highest BCUT2D eigenvalue weighted by Crippen LogP contribution is 2.20. The lowest BCUT2D eigenvalue weighted by Gasteiger charge is -2.06. The third-order valence-electron chi connectivity index (χ3n) is 2.30. The smallest absolute Gasteiger partial charge is 0.221 e. The van der Waals surface area contributed by atoms with Crippen LogP contribution in [0.1, 0.15) is 5.56 Å². The number of anilines is 1. The van der Waals surface area contributed by atoms with Crippen molar-refractivity contribution in [2.75, 3.05) is 5.43 Å². The van der Waals surface area contributed by atoms with E-state index in [4.69, 9.17) is 15.8 Å². The second-order valence-corrected chi connectivity index (χ2v) is 3.59. The van der Waals surface area contributed by atoms with Gasteiger partial charge < -0.3 is 10.2 Å². The second-order valence-electron chi connectivity index (χ2n) is 3.59. The van der Waals surface area contributed by atoms with E-state index in [0.717, 1.165) is 5.56 Å². The molecule has 90 valence electrons. The van der Waals surface area contributed by atoms with E-state index in [0.29, 0.717) is 23.9 Å². The molecule has 0 amide bonds. The summed E-state index contributed by atoms with van der Waals surface area (Å²) in [5, 5.41) is 8.57. The van der Waals surface area contributed by atoms with Gasteiger partial charge >= 0.3 is 0 Å². The van der Waals surface area contributed by atoms with Gasteiger partial charge in [-0.1, -0.05) is 18.2 Å². The number of nitriles is 1. The summed E-state index contributed by atoms with van der Waals surface area (Å²) in [4.78, 5) is 4.13. The van der Waals surface area contributed by atoms with Crippen LogP contribution in [0.15, 0.2) is 42.5 Å². The molecule has 0 saturated heterocycles. The fourth-order valence-electron chi connectivity index (χ4n) is 1.44. The predicted octanol–water partition coefficient (Wildman–Crippen LogP) is 2.23. The van der Waals surface area contributed by atoms with Crippen LogP contribution in [0, 0.1) is 11.3 Å². The largest absolute Gasteiger partial charge is 0.439 e. The molecular weight excluding hydrogens is 228 g/mol. The van der Waals surface area contributed by atoms with Gasteiger partial charge in [-0.15, -0.1) is 0 Å². The van der Waals surface area contributed by atoms with Crippen LogP contribution in [-0.4, -0.2) is 4.98 Å². The van der Waals surface area contributed by atoms with E-state index in [1.54, 1.807) is 30.3 Å². The molecule has 3 N–H and O–H groups in total. The van der Waals surface area contributed by atoms with E-state index in [2.05, 4.69) is 16.5 Å². The monoisotopic (exact) mass is 240 g/mol. The molecule has 0 saturated carbocycles. The molecule has 0 bridgehead atoms. The molecule has 1 aromatic heterocycles. The van der Waals surface area contributed by atoms with E-state index in [1.807, 2.05) is 12.1 Å². The molecule has 0 radical (unpaired) electrons. The summed E-state index contributed by atoms with van der Waals surface area (Å²) < 4.78 is 5.56.